The SMILES string of the molecule is CCC(c1ccc(C(F)(F)F)cc1CN(Cc1cc(C(F)(F)F)cc(C(F)(F)F)c1)c1nnn(C)n1)N1CCC(C(C)C)CC1. The molecule has 2 heterocycles. The number of aryl methyl sites for hydroxylation is 1. The third kappa shape index (κ3) is 8.47. The maximum absolute atomic E-state index is 13.9. The van der Waals surface area contributed by atoms with E-state index in [1.807, 2.05) is 6.92 Å². The molecule has 0 saturated carbocycles. The molecule has 1 aromatic heterocycles. The first-order chi connectivity index (χ1) is 20.9. The molecule has 6 nitrogen and oxygen atoms in total. The van der Waals surface area contributed by atoms with E-state index < -0.39 is 41.8 Å². The Morgan fingerprint density at radius 2 is 1.40 bits per heavy atom. The zero-order chi connectivity index (χ0) is 33.3. The fourth-order valence-corrected chi connectivity index (χ4v) is 5.95. The Hall–Kier alpha value is -3.36. The molecule has 0 N–H and O–H groups in total. The minimum atomic E-state index is -5.07. The van der Waals surface area contributed by atoms with Crippen LogP contribution in [-0.4, -0.2) is 38.2 Å². The number of alkyl halides is 9. The van der Waals surface area contributed by atoms with E-state index in [9.17, 15) is 39.5 Å². The van der Waals surface area contributed by atoms with Crippen LogP contribution in [0.4, 0.5) is 45.5 Å². The Kier molecular flexibility index (Phi) is 10.1. The van der Waals surface area contributed by atoms with Crippen molar-refractivity contribution < 1.29 is 39.5 Å². The first-order valence-corrected chi connectivity index (χ1v) is 14.6. The van der Waals surface area contributed by atoms with Crippen LogP contribution in [0.1, 0.15) is 79.5 Å². The predicted octanol–water partition coefficient (Wildman–Crippen LogP) is 8.29. The number of likely N-dealkylation sites (tertiary alicyclic amines) is 1. The summed E-state index contributed by atoms with van der Waals surface area (Å²) in [5.74, 6) is 0.853. The van der Waals surface area contributed by atoms with Gasteiger partial charge in [-0.05, 0) is 96.4 Å². The molecule has 45 heavy (non-hydrogen) atoms. The van der Waals surface area contributed by atoms with Crippen LogP contribution >= 0.6 is 0 Å². The molecule has 3 aromatic rings. The van der Waals surface area contributed by atoms with Crippen molar-refractivity contribution in [2.75, 3.05) is 18.0 Å². The zero-order valence-corrected chi connectivity index (χ0v) is 25.2. The van der Waals surface area contributed by atoms with E-state index in [0.29, 0.717) is 36.0 Å². The highest BCUT2D eigenvalue weighted by Gasteiger charge is 2.38. The Morgan fingerprint density at radius 3 is 1.87 bits per heavy atom. The van der Waals surface area contributed by atoms with E-state index in [2.05, 4.69) is 34.2 Å². The maximum atomic E-state index is 13.9. The summed E-state index contributed by atoms with van der Waals surface area (Å²) < 4.78 is 123. The molecular formula is C30H35F9N6. The molecule has 0 bridgehead atoms. The largest absolute Gasteiger partial charge is 0.416 e. The first-order valence-electron chi connectivity index (χ1n) is 14.6. The van der Waals surface area contributed by atoms with Gasteiger partial charge in [0.05, 0.1) is 23.7 Å². The number of benzene rings is 2. The van der Waals surface area contributed by atoms with Gasteiger partial charge in [0.1, 0.15) is 0 Å². The van der Waals surface area contributed by atoms with Crippen molar-refractivity contribution in [1.82, 2.24) is 25.1 Å². The van der Waals surface area contributed by atoms with Gasteiger partial charge in [0.25, 0.3) is 5.95 Å². The minimum absolute atomic E-state index is 0.0215. The van der Waals surface area contributed by atoms with Crippen molar-refractivity contribution in [2.45, 2.75) is 77.7 Å². The van der Waals surface area contributed by atoms with E-state index in [-0.39, 0.29) is 35.7 Å². The van der Waals surface area contributed by atoms with Crippen LogP contribution in [0, 0.1) is 11.8 Å². The second-order valence-corrected chi connectivity index (χ2v) is 11.8. The first kappa shape index (κ1) is 34.5. The molecule has 15 heteroatoms. The minimum Gasteiger partial charge on any atom is -0.330 e. The molecule has 0 aliphatic carbocycles. The number of rotatable bonds is 9. The van der Waals surface area contributed by atoms with Crippen LogP contribution in [0.2, 0.25) is 0 Å². The number of hydrogen-bond acceptors (Lipinski definition) is 5. The summed E-state index contributed by atoms with van der Waals surface area (Å²) in [4.78, 5) is 4.49. The van der Waals surface area contributed by atoms with Gasteiger partial charge in [0.15, 0.2) is 0 Å². The highest BCUT2D eigenvalue weighted by atomic mass is 19.4. The molecule has 0 radical (unpaired) electrons. The van der Waals surface area contributed by atoms with Crippen molar-refractivity contribution in [3.05, 3.63) is 69.8 Å². The fourth-order valence-electron chi connectivity index (χ4n) is 5.95. The van der Waals surface area contributed by atoms with Crippen molar-refractivity contribution in [3.8, 4) is 0 Å². The number of anilines is 1. The lowest BCUT2D eigenvalue weighted by Gasteiger charge is -2.39. The predicted molar refractivity (Wildman–Crippen MR) is 149 cm³/mol. The molecule has 248 valence electrons. The molecule has 1 unspecified atom stereocenters. The van der Waals surface area contributed by atoms with Crippen LogP contribution in [0.5, 0.6) is 0 Å². The Balaban J connectivity index is 1.78. The highest BCUT2D eigenvalue weighted by Crippen LogP contribution is 2.39. The van der Waals surface area contributed by atoms with Crippen molar-refractivity contribution in [2.24, 2.45) is 18.9 Å². The standard InChI is InChI=1S/C30H35F9N6/c1-5-26(44-10-8-20(9-11-44)18(2)3)25-7-6-22(28(31,32)33)14-21(25)17-45(27-40-42-43(4)41-27)16-19-12-23(29(34,35)36)15-24(13-19)30(37,38)39/h6-7,12-15,18,20,26H,5,8-11,16-17H2,1-4H3. The fraction of sp³-hybridized carbons (Fsp3) is 0.567. The lowest BCUT2D eigenvalue weighted by Crippen LogP contribution is -2.38. The zero-order valence-electron chi connectivity index (χ0n) is 25.2. The van der Waals surface area contributed by atoms with Gasteiger partial charge in [-0.1, -0.05) is 31.9 Å². The average molecular weight is 651 g/mol. The smallest absolute Gasteiger partial charge is 0.330 e. The van der Waals surface area contributed by atoms with Gasteiger partial charge in [0.2, 0.25) is 0 Å². The Bertz CT molecular complexity index is 1400. The van der Waals surface area contributed by atoms with E-state index in [0.717, 1.165) is 42.9 Å². The van der Waals surface area contributed by atoms with Gasteiger partial charge in [-0.3, -0.25) is 4.90 Å². The van der Waals surface area contributed by atoms with Gasteiger partial charge < -0.3 is 4.90 Å². The number of nitrogens with zero attached hydrogens (tertiary/aromatic N) is 6. The van der Waals surface area contributed by atoms with Crippen molar-refractivity contribution >= 4 is 5.95 Å². The Morgan fingerprint density at radius 1 is 0.822 bits per heavy atom. The van der Waals surface area contributed by atoms with Gasteiger partial charge in [-0.15, -0.1) is 5.10 Å². The molecular weight excluding hydrogens is 615 g/mol. The summed E-state index contributed by atoms with van der Waals surface area (Å²) in [7, 11) is 1.41. The van der Waals surface area contributed by atoms with Crippen LogP contribution in [-0.2, 0) is 38.7 Å². The van der Waals surface area contributed by atoms with Gasteiger partial charge in [-0.2, -0.15) is 44.3 Å². The topological polar surface area (TPSA) is 50.1 Å². The quantitative estimate of drug-likeness (QED) is 0.218. The summed E-state index contributed by atoms with van der Waals surface area (Å²) in [6.45, 7) is 6.81. The van der Waals surface area contributed by atoms with Gasteiger partial charge >= 0.3 is 18.5 Å². The summed E-state index contributed by atoms with van der Waals surface area (Å²) in [6, 6.07) is 4.31. The van der Waals surface area contributed by atoms with Crippen LogP contribution in [0.3, 0.4) is 0 Å². The molecule has 1 atom stereocenters. The molecule has 1 aliphatic heterocycles. The summed E-state index contributed by atoms with van der Waals surface area (Å²) in [6.07, 6.45) is -12.4. The summed E-state index contributed by atoms with van der Waals surface area (Å²) in [5, 5.41) is 11.7. The van der Waals surface area contributed by atoms with Gasteiger partial charge in [0, 0.05) is 19.1 Å². The van der Waals surface area contributed by atoms with Crippen LogP contribution < -0.4 is 4.90 Å². The van der Waals surface area contributed by atoms with Crippen molar-refractivity contribution in [1.29, 1.82) is 0 Å². The summed E-state index contributed by atoms with van der Waals surface area (Å²) in [5.41, 5.74) is -3.52. The number of piperidine rings is 1. The molecule has 0 amide bonds. The molecule has 1 fully saturated rings. The Labute approximate surface area is 255 Å². The van der Waals surface area contributed by atoms with E-state index in [4.69, 9.17) is 0 Å². The number of aromatic nitrogens is 4. The molecule has 0 spiro atoms. The second kappa shape index (κ2) is 13.2. The third-order valence-electron chi connectivity index (χ3n) is 8.34. The third-order valence-corrected chi connectivity index (χ3v) is 8.34. The number of tetrazole rings is 1. The van der Waals surface area contributed by atoms with E-state index >= 15 is 0 Å². The number of halogens is 9. The molecule has 2 aromatic carbocycles. The van der Waals surface area contributed by atoms with Crippen LogP contribution in [0.25, 0.3) is 0 Å². The second-order valence-electron chi connectivity index (χ2n) is 11.8. The molecule has 4 rings (SSSR count). The average Bonchev–Trinajstić information content (AvgIpc) is 3.38. The van der Waals surface area contributed by atoms with Crippen LogP contribution in [0.15, 0.2) is 36.4 Å². The lowest BCUT2D eigenvalue weighted by molar-refractivity contribution is -0.143. The maximum Gasteiger partial charge on any atom is 0.416 e. The van der Waals surface area contributed by atoms with Crippen molar-refractivity contribution in [3.63, 3.8) is 0 Å². The summed E-state index contributed by atoms with van der Waals surface area (Å²) >= 11 is 0. The number of hydrogen-bond donors (Lipinski definition) is 0. The van der Waals surface area contributed by atoms with E-state index in [1.54, 1.807) is 0 Å². The van der Waals surface area contributed by atoms with Gasteiger partial charge in [-0.25, -0.2) is 0 Å². The molecule has 1 saturated heterocycles. The highest BCUT2D eigenvalue weighted by molar-refractivity contribution is 5.42. The normalized spacial score (nSPS) is 16.4. The van der Waals surface area contributed by atoms with E-state index in [1.165, 1.54) is 18.0 Å². The lowest BCUT2D eigenvalue weighted by atomic mass is 9.85. The molecule has 1 aliphatic rings. The monoisotopic (exact) mass is 650 g/mol.